The van der Waals surface area contributed by atoms with Crippen molar-refractivity contribution in [1.82, 2.24) is 0 Å². The summed E-state index contributed by atoms with van der Waals surface area (Å²) < 4.78 is 33.1. The zero-order valence-electron chi connectivity index (χ0n) is 19.8. The molecular formula is C20H40ClNaO7S. The van der Waals surface area contributed by atoms with Crippen molar-refractivity contribution in [2.45, 2.75) is 109 Å². The number of aliphatic carboxylic acids is 2. The van der Waals surface area contributed by atoms with Gasteiger partial charge in [-0.05, 0) is 12.8 Å². The molecule has 1 unspecified atom stereocenters. The summed E-state index contributed by atoms with van der Waals surface area (Å²) in [6.45, 7) is 4.17. The molecule has 0 radical (unpaired) electrons. The first kappa shape index (κ1) is 34.7. The summed E-state index contributed by atoms with van der Waals surface area (Å²) in [5, 5.41) is 16.9. The van der Waals surface area contributed by atoms with Gasteiger partial charge in [0.1, 0.15) is 0 Å². The molecule has 30 heavy (non-hydrogen) atoms. The molecule has 0 spiro atoms. The molecule has 0 aliphatic heterocycles. The Hall–Kier alpha value is 0.140. The van der Waals surface area contributed by atoms with Gasteiger partial charge in [-0.25, -0.2) is 0 Å². The van der Waals surface area contributed by atoms with Gasteiger partial charge in [-0.2, -0.15) is 8.42 Å². The molecule has 10 heteroatoms. The second-order valence-electron chi connectivity index (χ2n) is 7.73. The molecule has 0 rings (SSSR count). The van der Waals surface area contributed by atoms with Gasteiger partial charge in [0.25, 0.3) is 10.1 Å². The van der Waals surface area contributed by atoms with Crippen LogP contribution in [0.25, 0.3) is 0 Å². The van der Waals surface area contributed by atoms with Crippen LogP contribution in [0.4, 0.5) is 0 Å². The third kappa shape index (κ3) is 12.9. The molecule has 7 nitrogen and oxygen atoms in total. The third-order valence-electron chi connectivity index (χ3n) is 5.40. The molecule has 0 aromatic rings. The Morgan fingerprint density at radius 3 is 1.40 bits per heavy atom. The molecule has 1 atom stereocenters. The molecule has 3 N–H and O–H groups in total. The van der Waals surface area contributed by atoms with Gasteiger partial charge in [0, 0.05) is 0 Å². The van der Waals surface area contributed by atoms with E-state index in [-0.39, 0.29) is 56.2 Å². The summed E-state index contributed by atoms with van der Waals surface area (Å²) >= 11 is 0. The summed E-state index contributed by atoms with van der Waals surface area (Å²) in [6, 6.07) is 0. The van der Waals surface area contributed by atoms with Crippen molar-refractivity contribution in [1.29, 1.82) is 0 Å². The van der Waals surface area contributed by atoms with Gasteiger partial charge in [-0.3, -0.25) is 14.1 Å². The van der Waals surface area contributed by atoms with Gasteiger partial charge < -0.3 is 11.6 Å². The minimum atomic E-state index is -5.05. The Morgan fingerprint density at radius 2 is 1.13 bits per heavy atom. The molecule has 0 bridgehead atoms. The minimum Gasteiger partial charge on any atom is -1.00 e. The number of carboxylic acids is 2. The average molecular weight is 483 g/mol. The first-order valence-corrected chi connectivity index (χ1v) is 12.1. The SMILES string of the molecule is CCCCCCCCC(CCCCCCCC)(C(=O)O)C(C(=O)O)S(=O)(=O)O.Cl.[H-].[Na+]. The van der Waals surface area contributed by atoms with Crippen LogP contribution in [0.5, 0.6) is 0 Å². The first-order valence-electron chi connectivity index (χ1n) is 10.6. The van der Waals surface area contributed by atoms with E-state index in [9.17, 15) is 32.8 Å². The van der Waals surface area contributed by atoms with Crippen molar-refractivity contribution in [2.24, 2.45) is 5.41 Å². The van der Waals surface area contributed by atoms with Crippen LogP contribution in [-0.2, 0) is 19.7 Å². The van der Waals surface area contributed by atoms with Crippen LogP contribution in [-0.4, -0.2) is 40.4 Å². The molecule has 0 saturated heterocycles. The molecule has 0 aromatic heterocycles. The van der Waals surface area contributed by atoms with Gasteiger partial charge in [0.15, 0.2) is 5.25 Å². The van der Waals surface area contributed by atoms with Crippen molar-refractivity contribution in [3.8, 4) is 0 Å². The van der Waals surface area contributed by atoms with E-state index in [0.29, 0.717) is 25.7 Å². The number of hydrogen-bond donors (Lipinski definition) is 3. The van der Waals surface area contributed by atoms with Crippen molar-refractivity contribution >= 4 is 34.5 Å². The Balaban J connectivity index is -0.00000121. The fourth-order valence-corrected chi connectivity index (χ4v) is 4.97. The molecule has 176 valence electrons. The molecule has 0 heterocycles. The van der Waals surface area contributed by atoms with Crippen LogP contribution in [0, 0.1) is 5.41 Å². The van der Waals surface area contributed by atoms with E-state index in [1.165, 1.54) is 0 Å². The molecule has 0 aliphatic carbocycles. The van der Waals surface area contributed by atoms with Crippen molar-refractivity contribution < 1.29 is 63.8 Å². The van der Waals surface area contributed by atoms with E-state index < -0.39 is 32.7 Å². The van der Waals surface area contributed by atoms with E-state index in [1.807, 2.05) is 0 Å². The summed E-state index contributed by atoms with van der Waals surface area (Å²) in [5.41, 5.74) is -2.01. The van der Waals surface area contributed by atoms with Crippen LogP contribution in [0.15, 0.2) is 0 Å². The first-order chi connectivity index (χ1) is 13.1. The molecule has 0 aliphatic rings. The molecule has 0 saturated carbocycles. The van der Waals surface area contributed by atoms with Gasteiger partial charge in [-0.15, -0.1) is 12.4 Å². The Labute approximate surface area is 211 Å². The number of unbranched alkanes of at least 4 members (excludes halogenated alkanes) is 10. The zero-order chi connectivity index (χ0) is 21.6. The topological polar surface area (TPSA) is 129 Å². The maximum absolute atomic E-state index is 12.1. The van der Waals surface area contributed by atoms with Gasteiger partial charge in [-0.1, -0.05) is 90.9 Å². The second-order valence-corrected chi connectivity index (χ2v) is 9.23. The predicted octanol–water partition coefficient (Wildman–Crippen LogP) is 2.44. The summed E-state index contributed by atoms with van der Waals surface area (Å²) in [4.78, 5) is 23.8. The molecule has 0 fully saturated rings. The van der Waals surface area contributed by atoms with E-state index in [2.05, 4.69) is 13.8 Å². The molecule has 0 amide bonds. The van der Waals surface area contributed by atoms with Gasteiger partial charge in [0.2, 0.25) is 0 Å². The number of halogens is 1. The Morgan fingerprint density at radius 1 is 0.800 bits per heavy atom. The van der Waals surface area contributed by atoms with Crippen LogP contribution in [0.3, 0.4) is 0 Å². The van der Waals surface area contributed by atoms with Gasteiger partial charge >= 0.3 is 41.5 Å². The largest absolute Gasteiger partial charge is 1.00 e. The monoisotopic (exact) mass is 482 g/mol. The van der Waals surface area contributed by atoms with E-state index in [0.717, 1.165) is 51.4 Å². The van der Waals surface area contributed by atoms with Crippen LogP contribution >= 0.6 is 12.4 Å². The van der Waals surface area contributed by atoms with Crippen LogP contribution in [0.2, 0.25) is 0 Å². The van der Waals surface area contributed by atoms with Crippen LogP contribution < -0.4 is 29.6 Å². The number of rotatable bonds is 18. The number of carboxylic acid groups (broad SMARTS) is 2. The normalized spacial score (nSPS) is 12.5. The molecule has 0 aromatic carbocycles. The average Bonchev–Trinajstić information content (AvgIpc) is 2.58. The fraction of sp³-hybridized carbons (Fsp3) is 0.900. The third-order valence-corrected chi connectivity index (χ3v) is 6.65. The van der Waals surface area contributed by atoms with Crippen molar-refractivity contribution in [3.63, 3.8) is 0 Å². The van der Waals surface area contributed by atoms with Crippen molar-refractivity contribution in [3.05, 3.63) is 0 Å². The fourth-order valence-electron chi connectivity index (χ4n) is 3.80. The maximum Gasteiger partial charge on any atom is 1.00 e. The number of hydrogen-bond acceptors (Lipinski definition) is 4. The minimum absolute atomic E-state index is 0. The van der Waals surface area contributed by atoms with E-state index in [1.54, 1.807) is 0 Å². The standard InChI is InChI=1S/C20H38O7S.ClH.Na.H/c1-3-5-7-9-11-13-15-20(19(23)24,16-14-12-10-8-6-4-2)17(18(21)22)28(25,26)27;;;/h17H,3-16H2,1-2H3,(H,21,22)(H,23,24)(H,25,26,27);1H;;/q;;+1;-1. The van der Waals surface area contributed by atoms with E-state index >= 15 is 0 Å². The Bertz CT molecular complexity index is 560. The zero-order valence-corrected chi connectivity index (χ0v) is 22.4. The van der Waals surface area contributed by atoms with Crippen molar-refractivity contribution in [2.75, 3.05) is 0 Å². The maximum atomic E-state index is 12.1. The summed E-state index contributed by atoms with van der Waals surface area (Å²) in [7, 11) is -5.05. The summed E-state index contributed by atoms with van der Waals surface area (Å²) in [5.74, 6) is -3.26. The molecular weight excluding hydrogens is 443 g/mol. The summed E-state index contributed by atoms with van der Waals surface area (Å²) in [6.07, 6.45) is 10.2. The smallest absolute Gasteiger partial charge is 1.00 e. The Kier molecular flexibility index (Phi) is 21.6. The second kappa shape index (κ2) is 18.7. The predicted molar refractivity (Wildman–Crippen MR) is 117 cm³/mol. The van der Waals surface area contributed by atoms with Gasteiger partial charge in [0.05, 0.1) is 5.41 Å². The van der Waals surface area contributed by atoms with Crippen LogP contribution in [0.1, 0.15) is 105 Å². The quantitative estimate of drug-likeness (QED) is 0.155. The number of carbonyl (C=O) groups is 2. The van der Waals surface area contributed by atoms with E-state index in [4.69, 9.17) is 0 Å².